The smallest absolute Gasteiger partial charge is 0.333 e. The van der Waals surface area contributed by atoms with Gasteiger partial charge in [-0.3, -0.25) is 4.79 Å². The number of carbonyl (C=O) groups is 2. The molecule has 1 aromatic carbocycles. The van der Waals surface area contributed by atoms with Crippen molar-refractivity contribution >= 4 is 11.8 Å². The Morgan fingerprint density at radius 1 is 1.16 bits per heavy atom. The number of hydrogen-bond acceptors (Lipinski definition) is 5. The van der Waals surface area contributed by atoms with Crippen LogP contribution in [0.2, 0.25) is 0 Å². The summed E-state index contributed by atoms with van der Waals surface area (Å²) in [7, 11) is 2.99. The predicted octanol–water partition coefficient (Wildman–Crippen LogP) is 2.01. The van der Waals surface area contributed by atoms with Crippen molar-refractivity contribution in [2.24, 2.45) is 0 Å². The van der Waals surface area contributed by atoms with Gasteiger partial charge in [0.05, 0.1) is 14.2 Å². The van der Waals surface area contributed by atoms with Crippen LogP contribution in [-0.4, -0.2) is 32.6 Å². The Morgan fingerprint density at radius 3 is 2.32 bits per heavy atom. The van der Waals surface area contributed by atoms with Gasteiger partial charge in [0.1, 0.15) is 0 Å². The molecule has 0 radical (unpaired) electrons. The number of esters is 1. The van der Waals surface area contributed by atoms with Crippen LogP contribution in [0.25, 0.3) is 0 Å². The Morgan fingerprint density at radius 2 is 1.79 bits per heavy atom. The molecular weight excluding hydrogens is 248 g/mol. The minimum Gasteiger partial charge on any atom is -0.493 e. The fraction of sp³-hybridized carbons (Fsp3) is 0.286. The van der Waals surface area contributed by atoms with E-state index in [9.17, 15) is 9.59 Å². The Kier molecular flexibility index (Phi) is 5.11. The number of ether oxygens (including phenoxy) is 3. The third-order valence-corrected chi connectivity index (χ3v) is 2.39. The van der Waals surface area contributed by atoms with Gasteiger partial charge in [-0.1, -0.05) is 6.58 Å². The summed E-state index contributed by atoms with van der Waals surface area (Å²) >= 11 is 0. The third kappa shape index (κ3) is 3.84. The maximum atomic E-state index is 11.8. The molecule has 0 saturated carbocycles. The van der Waals surface area contributed by atoms with E-state index in [1.807, 2.05) is 0 Å². The van der Waals surface area contributed by atoms with Gasteiger partial charge in [0.15, 0.2) is 23.9 Å². The fourth-order valence-corrected chi connectivity index (χ4v) is 1.35. The summed E-state index contributed by atoms with van der Waals surface area (Å²) in [4.78, 5) is 23.0. The highest BCUT2D eigenvalue weighted by atomic mass is 16.5. The van der Waals surface area contributed by atoms with E-state index in [1.165, 1.54) is 27.2 Å². The van der Waals surface area contributed by atoms with Gasteiger partial charge in [0.2, 0.25) is 0 Å². The van der Waals surface area contributed by atoms with Crippen molar-refractivity contribution < 1.29 is 23.8 Å². The standard InChI is InChI=1S/C14H16O5/c1-9(2)14(16)19-8-11(15)10-5-6-12(17-3)13(7-10)18-4/h5-7H,1,8H2,2-4H3. The van der Waals surface area contributed by atoms with Crippen molar-refractivity contribution in [2.45, 2.75) is 6.92 Å². The van der Waals surface area contributed by atoms with Crippen LogP contribution in [0.4, 0.5) is 0 Å². The number of rotatable bonds is 6. The van der Waals surface area contributed by atoms with Gasteiger partial charge in [-0.05, 0) is 25.1 Å². The number of methoxy groups -OCH3 is 2. The molecule has 5 nitrogen and oxygen atoms in total. The van der Waals surface area contributed by atoms with Crippen molar-refractivity contribution in [1.82, 2.24) is 0 Å². The van der Waals surface area contributed by atoms with Gasteiger partial charge < -0.3 is 14.2 Å². The highest BCUT2D eigenvalue weighted by Gasteiger charge is 2.13. The van der Waals surface area contributed by atoms with Crippen molar-refractivity contribution in [3.63, 3.8) is 0 Å². The molecule has 1 rings (SSSR count). The maximum absolute atomic E-state index is 11.8. The molecule has 1 aromatic rings. The van der Waals surface area contributed by atoms with Crippen molar-refractivity contribution in [3.8, 4) is 11.5 Å². The van der Waals surface area contributed by atoms with Crippen molar-refractivity contribution in [1.29, 1.82) is 0 Å². The van der Waals surface area contributed by atoms with Gasteiger partial charge >= 0.3 is 5.97 Å². The summed E-state index contributed by atoms with van der Waals surface area (Å²) < 4.78 is 14.9. The number of hydrogen-bond donors (Lipinski definition) is 0. The predicted molar refractivity (Wildman–Crippen MR) is 69.6 cm³/mol. The second-order valence-corrected chi connectivity index (χ2v) is 3.85. The normalized spacial score (nSPS) is 9.63. The zero-order valence-corrected chi connectivity index (χ0v) is 11.2. The van der Waals surface area contributed by atoms with E-state index in [0.29, 0.717) is 17.1 Å². The Hall–Kier alpha value is -2.30. The van der Waals surface area contributed by atoms with Crippen LogP contribution in [0.5, 0.6) is 11.5 Å². The Labute approximate surface area is 111 Å². The lowest BCUT2D eigenvalue weighted by atomic mass is 10.1. The van der Waals surface area contributed by atoms with E-state index >= 15 is 0 Å². The minimum absolute atomic E-state index is 0.250. The molecule has 5 heteroatoms. The van der Waals surface area contributed by atoms with E-state index in [-0.39, 0.29) is 18.0 Å². The van der Waals surface area contributed by atoms with Gasteiger partial charge in [-0.15, -0.1) is 0 Å². The largest absolute Gasteiger partial charge is 0.493 e. The quantitative estimate of drug-likeness (QED) is 0.447. The van der Waals surface area contributed by atoms with Crippen LogP contribution in [0.3, 0.4) is 0 Å². The maximum Gasteiger partial charge on any atom is 0.333 e. The highest BCUT2D eigenvalue weighted by Crippen LogP contribution is 2.27. The second kappa shape index (κ2) is 6.58. The van der Waals surface area contributed by atoms with E-state index in [2.05, 4.69) is 6.58 Å². The summed E-state index contributed by atoms with van der Waals surface area (Å²) in [5.41, 5.74) is 0.632. The van der Waals surface area contributed by atoms with Crippen LogP contribution < -0.4 is 9.47 Å². The van der Waals surface area contributed by atoms with E-state index in [0.717, 1.165) is 0 Å². The molecule has 0 aliphatic heterocycles. The molecule has 0 saturated heterocycles. The monoisotopic (exact) mass is 264 g/mol. The van der Waals surface area contributed by atoms with Gasteiger partial charge in [-0.25, -0.2) is 4.79 Å². The third-order valence-electron chi connectivity index (χ3n) is 2.39. The summed E-state index contributed by atoms with van der Waals surface area (Å²) in [6, 6.07) is 4.74. The van der Waals surface area contributed by atoms with Crippen LogP contribution in [-0.2, 0) is 9.53 Å². The average molecular weight is 264 g/mol. The molecule has 0 unspecified atom stereocenters. The lowest BCUT2D eigenvalue weighted by molar-refractivity contribution is -0.137. The molecule has 102 valence electrons. The molecular formula is C14H16O5. The number of ketones is 1. The lowest BCUT2D eigenvalue weighted by Crippen LogP contribution is -2.14. The molecule has 0 aromatic heterocycles. The SMILES string of the molecule is C=C(C)C(=O)OCC(=O)c1ccc(OC)c(OC)c1. The summed E-state index contributed by atoms with van der Waals surface area (Å²) in [6.07, 6.45) is 0. The van der Waals surface area contributed by atoms with E-state index in [1.54, 1.807) is 12.1 Å². The van der Waals surface area contributed by atoms with Crippen molar-refractivity contribution in [2.75, 3.05) is 20.8 Å². The highest BCUT2D eigenvalue weighted by molar-refractivity contribution is 5.99. The first-order valence-corrected chi connectivity index (χ1v) is 5.57. The van der Waals surface area contributed by atoms with Gasteiger partial charge in [0, 0.05) is 11.1 Å². The minimum atomic E-state index is -0.589. The Balaban J connectivity index is 2.77. The van der Waals surface area contributed by atoms with Gasteiger partial charge in [0.25, 0.3) is 0 Å². The summed E-state index contributed by atoms with van der Waals surface area (Å²) in [5.74, 6) is 0.0574. The van der Waals surface area contributed by atoms with E-state index in [4.69, 9.17) is 14.2 Å². The first-order chi connectivity index (χ1) is 8.99. The molecule has 0 aliphatic rings. The van der Waals surface area contributed by atoms with Crippen LogP contribution in [0, 0.1) is 0 Å². The molecule has 0 fully saturated rings. The number of carbonyl (C=O) groups excluding carboxylic acids is 2. The molecule has 0 aliphatic carbocycles. The topological polar surface area (TPSA) is 61.8 Å². The first kappa shape index (κ1) is 14.8. The zero-order valence-electron chi connectivity index (χ0n) is 11.2. The average Bonchev–Trinajstić information content (AvgIpc) is 2.43. The van der Waals surface area contributed by atoms with Crippen LogP contribution in [0.15, 0.2) is 30.4 Å². The first-order valence-electron chi connectivity index (χ1n) is 5.57. The van der Waals surface area contributed by atoms with Crippen LogP contribution in [0.1, 0.15) is 17.3 Å². The number of Topliss-reactive ketones (excluding diaryl/α,β-unsaturated/α-hetero) is 1. The fourth-order valence-electron chi connectivity index (χ4n) is 1.35. The molecule has 0 bridgehead atoms. The molecule has 19 heavy (non-hydrogen) atoms. The van der Waals surface area contributed by atoms with E-state index < -0.39 is 5.97 Å². The second-order valence-electron chi connectivity index (χ2n) is 3.85. The van der Waals surface area contributed by atoms with Crippen molar-refractivity contribution in [3.05, 3.63) is 35.9 Å². The molecule has 0 amide bonds. The summed E-state index contributed by atoms with van der Waals surface area (Å²) in [5, 5.41) is 0. The summed E-state index contributed by atoms with van der Waals surface area (Å²) in [6.45, 7) is 4.62. The zero-order chi connectivity index (χ0) is 14.4. The lowest BCUT2D eigenvalue weighted by Gasteiger charge is -2.09. The molecule has 0 spiro atoms. The molecule has 0 atom stereocenters. The van der Waals surface area contributed by atoms with Gasteiger partial charge in [-0.2, -0.15) is 0 Å². The Bertz CT molecular complexity index is 505. The molecule has 0 heterocycles. The molecule has 0 N–H and O–H groups in total. The number of benzene rings is 1. The van der Waals surface area contributed by atoms with Crippen LogP contribution >= 0.6 is 0 Å².